The summed E-state index contributed by atoms with van der Waals surface area (Å²) in [4.78, 5) is 12.2. The van der Waals surface area contributed by atoms with Gasteiger partial charge in [0.05, 0.1) is 41.9 Å². The van der Waals surface area contributed by atoms with Crippen molar-refractivity contribution >= 4 is 83.8 Å². The van der Waals surface area contributed by atoms with E-state index in [1.165, 1.54) is 7.11 Å². The molecular formula is C19H20Br2ClN3O4S. The van der Waals surface area contributed by atoms with Gasteiger partial charge in [-0.25, -0.2) is 4.79 Å². The molecule has 2 aromatic carbocycles. The molecular weight excluding hydrogens is 562 g/mol. The number of halogens is 3. The lowest BCUT2D eigenvalue weighted by molar-refractivity contribution is 0.0602. The Morgan fingerprint density at radius 2 is 1.77 bits per heavy atom. The maximum Gasteiger partial charge on any atom is 0.340 e. The largest absolute Gasteiger partial charge is 0.497 e. The molecule has 30 heavy (non-hydrogen) atoms. The number of anilines is 3. The number of nitrogens with one attached hydrogen (secondary N) is 3. The molecule has 0 radical (unpaired) electrons. The Kier molecular flexibility index (Phi) is 9.63. The van der Waals surface area contributed by atoms with Crippen molar-refractivity contribution in [3.05, 3.63) is 43.8 Å². The fourth-order valence-electron chi connectivity index (χ4n) is 2.50. The molecule has 0 spiro atoms. The molecule has 0 aliphatic carbocycles. The van der Waals surface area contributed by atoms with Crippen LogP contribution in [0.5, 0.6) is 5.75 Å². The predicted molar refractivity (Wildman–Crippen MR) is 131 cm³/mol. The van der Waals surface area contributed by atoms with Crippen LogP contribution in [0, 0.1) is 0 Å². The number of ether oxygens (including phenoxy) is 2. The smallest absolute Gasteiger partial charge is 0.340 e. The molecule has 2 rings (SSSR count). The van der Waals surface area contributed by atoms with Gasteiger partial charge in [0.1, 0.15) is 5.75 Å². The molecule has 7 nitrogen and oxygen atoms in total. The Morgan fingerprint density at radius 1 is 1.13 bits per heavy atom. The Labute approximate surface area is 201 Å². The van der Waals surface area contributed by atoms with Gasteiger partial charge in [0, 0.05) is 22.1 Å². The highest BCUT2D eigenvalue weighted by Gasteiger charge is 2.19. The minimum Gasteiger partial charge on any atom is -0.497 e. The average molecular weight is 582 g/mol. The lowest BCUT2D eigenvalue weighted by atomic mass is 10.1. The van der Waals surface area contributed by atoms with Crippen molar-refractivity contribution in [1.29, 1.82) is 0 Å². The third-order valence-corrected chi connectivity index (χ3v) is 5.69. The van der Waals surface area contributed by atoms with Gasteiger partial charge in [0.25, 0.3) is 0 Å². The normalized spacial score (nSPS) is 10.3. The maximum atomic E-state index is 12.2. The van der Waals surface area contributed by atoms with Gasteiger partial charge in [-0.1, -0.05) is 11.6 Å². The highest BCUT2D eigenvalue weighted by Crippen LogP contribution is 2.37. The highest BCUT2D eigenvalue weighted by molar-refractivity contribution is 9.11. The Hall–Kier alpha value is -1.59. The van der Waals surface area contributed by atoms with Crippen LogP contribution in [-0.2, 0) is 4.74 Å². The van der Waals surface area contributed by atoms with E-state index in [4.69, 9.17) is 38.4 Å². The zero-order valence-corrected chi connectivity index (χ0v) is 20.9. The van der Waals surface area contributed by atoms with E-state index < -0.39 is 5.97 Å². The predicted octanol–water partition coefficient (Wildman–Crippen LogP) is 5.26. The first-order valence-electron chi connectivity index (χ1n) is 8.69. The zero-order chi connectivity index (χ0) is 22.3. The molecule has 0 saturated heterocycles. The van der Waals surface area contributed by atoms with Crippen molar-refractivity contribution in [3.8, 4) is 5.75 Å². The second kappa shape index (κ2) is 11.7. The minimum atomic E-state index is -0.527. The third kappa shape index (κ3) is 6.21. The SMILES string of the molecule is COC(=O)c1ccc(Cl)c(NC(=S)Nc2c(Br)cc(OC)cc2Br)c1NCCCO. The van der Waals surface area contributed by atoms with Gasteiger partial charge in [0.2, 0.25) is 0 Å². The van der Waals surface area contributed by atoms with E-state index in [0.29, 0.717) is 40.8 Å². The summed E-state index contributed by atoms with van der Waals surface area (Å²) in [5, 5.41) is 18.9. The summed E-state index contributed by atoms with van der Waals surface area (Å²) in [7, 11) is 2.88. The van der Waals surface area contributed by atoms with Crippen molar-refractivity contribution in [2.75, 3.05) is 43.3 Å². The zero-order valence-electron chi connectivity index (χ0n) is 16.1. The molecule has 0 saturated carbocycles. The number of esters is 1. The summed E-state index contributed by atoms with van der Waals surface area (Å²) in [5.74, 6) is 0.142. The van der Waals surface area contributed by atoms with Crippen LogP contribution in [0.15, 0.2) is 33.2 Å². The van der Waals surface area contributed by atoms with E-state index in [0.717, 1.165) is 8.95 Å². The fraction of sp³-hybridized carbons (Fsp3) is 0.263. The van der Waals surface area contributed by atoms with Crippen molar-refractivity contribution in [2.45, 2.75) is 6.42 Å². The van der Waals surface area contributed by atoms with Gasteiger partial charge in [-0.05, 0) is 74.8 Å². The van der Waals surface area contributed by atoms with Gasteiger partial charge >= 0.3 is 5.97 Å². The molecule has 11 heteroatoms. The number of aliphatic hydroxyl groups excluding tert-OH is 1. The number of benzene rings is 2. The molecule has 2 aromatic rings. The van der Waals surface area contributed by atoms with E-state index in [1.807, 2.05) is 0 Å². The number of thiocarbonyl (C=S) groups is 1. The van der Waals surface area contributed by atoms with E-state index in [1.54, 1.807) is 31.4 Å². The summed E-state index contributed by atoms with van der Waals surface area (Å²) < 4.78 is 11.6. The second-order valence-electron chi connectivity index (χ2n) is 5.89. The van der Waals surface area contributed by atoms with Crippen LogP contribution in [-0.4, -0.2) is 43.6 Å². The van der Waals surface area contributed by atoms with E-state index in [2.05, 4.69) is 47.8 Å². The van der Waals surface area contributed by atoms with Crippen LogP contribution in [0.3, 0.4) is 0 Å². The minimum absolute atomic E-state index is 0.00335. The van der Waals surface area contributed by atoms with E-state index >= 15 is 0 Å². The van der Waals surface area contributed by atoms with Crippen molar-refractivity contribution in [1.82, 2.24) is 0 Å². The van der Waals surface area contributed by atoms with Crippen molar-refractivity contribution < 1.29 is 19.4 Å². The highest BCUT2D eigenvalue weighted by atomic mass is 79.9. The summed E-state index contributed by atoms with van der Waals surface area (Å²) in [6, 6.07) is 6.73. The van der Waals surface area contributed by atoms with Crippen molar-refractivity contribution in [3.63, 3.8) is 0 Å². The van der Waals surface area contributed by atoms with Crippen LogP contribution in [0.25, 0.3) is 0 Å². The summed E-state index contributed by atoms with van der Waals surface area (Å²) in [5.41, 5.74) is 1.82. The van der Waals surface area contributed by atoms with Crippen LogP contribution in [0.2, 0.25) is 5.02 Å². The summed E-state index contributed by atoms with van der Waals surface area (Å²) >= 11 is 18.8. The van der Waals surface area contributed by atoms with Gasteiger partial charge in [-0.15, -0.1) is 0 Å². The molecule has 4 N–H and O–H groups in total. The monoisotopic (exact) mass is 579 g/mol. The maximum absolute atomic E-state index is 12.2. The van der Waals surface area contributed by atoms with Crippen molar-refractivity contribution in [2.24, 2.45) is 0 Å². The van der Waals surface area contributed by atoms with Crippen LogP contribution < -0.4 is 20.7 Å². The van der Waals surface area contributed by atoms with Gasteiger partial charge < -0.3 is 30.5 Å². The summed E-state index contributed by atoms with van der Waals surface area (Å²) in [6.45, 7) is 0.425. The molecule has 0 fully saturated rings. The molecule has 0 aromatic heterocycles. The van der Waals surface area contributed by atoms with Gasteiger partial charge in [-0.3, -0.25) is 0 Å². The number of aliphatic hydroxyl groups is 1. The van der Waals surface area contributed by atoms with Crippen LogP contribution in [0.4, 0.5) is 17.1 Å². The third-order valence-electron chi connectivity index (χ3n) is 3.92. The summed E-state index contributed by atoms with van der Waals surface area (Å²) in [6.07, 6.45) is 0.487. The average Bonchev–Trinajstić information content (AvgIpc) is 2.72. The topological polar surface area (TPSA) is 91.9 Å². The van der Waals surface area contributed by atoms with Gasteiger partial charge in [0.15, 0.2) is 5.11 Å². The van der Waals surface area contributed by atoms with E-state index in [-0.39, 0.29) is 17.3 Å². The first-order chi connectivity index (χ1) is 14.3. The molecule has 0 unspecified atom stereocenters. The number of carbonyl (C=O) groups excluding carboxylic acids is 1. The Bertz CT molecular complexity index is 923. The number of hydrogen-bond acceptors (Lipinski definition) is 6. The molecule has 162 valence electrons. The van der Waals surface area contributed by atoms with E-state index in [9.17, 15) is 4.79 Å². The second-order valence-corrected chi connectivity index (χ2v) is 8.41. The van der Waals surface area contributed by atoms with Gasteiger partial charge in [-0.2, -0.15) is 0 Å². The number of methoxy groups -OCH3 is 2. The first-order valence-corrected chi connectivity index (χ1v) is 11.1. The molecule has 0 aliphatic heterocycles. The lowest BCUT2D eigenvalue weighted by Crippen LogP contribution is -2.22. The standard InChI is InChI=1S/C19H20Br2ClN3O4S/c1-28-10-8-12(20)16(13(21)9-10)24-19(30)25-17-14(22)5-4-11(18(27)29-2)15(17)23-6-3-7-26/h4-5,8-9,23,26H,3,6-7H2,1-2H3,(H2,24,25,30). The Morgan fingerprint density at radius 3 is 2.33 bits per heavy atom. The first kappa shape index (κ1) is 24.7. The Balaban J connectivity index is 2.34. The molecule has 0 bridgehead atoms. The number of hydrogen-bond donors (Lipinski definition) is 4. The van der Waals surface area contributed by atoms with Crippen LogP contribution in [0.1, 0.15) is 16.8 Å². The molecule has 0 atom stereocenters. The van der Waals surface area contributed by atoms with Crippen LogP contribution >= 0.6 is 55.7 Å². The fourth-order valence-corrected chi connectivity index (χ4v) is 4.25. The lowest BCUT2D eigenvalue weighted by Gasteiger charge is -2.20. The molecule has 0 heterocycles. The molecule has 0 amide bonds. The number of rotatable bonds is 8. The number of carbonyl (C=O) groups is 1. The quantitative estimate of drug-likeness (QED) is 0.191. The molecule has 0 aliphatic rings.